The summed E-state index contributed by atoms with van der Waals surface area (Å²) in [6, 6.07) is 16.1. The molecule has 0 saturated carbocycles. The maximum atomic E-state index is 5.89. The third-order valence-electron chi connectivity index (χ3n) is 2.92. The molecule has 0 heterocycles. The lowest BCUT2D eigenvalue weighted by atomic mass is 10.1. The van der Waals surface area contributed by atoms with Crippen molar-refractivity contribution in [2.24, 2.45) is 0 Å². The predicted molar refractivity (Wildman–Crippen MR) is 81.1 cm³/mol. The SMILES string of the molecule is CCOc1ccc(NC(C)c2ccc(Cl)cc2)cc1. The summed E-state index contributed by atoms with van der Waals surface area (Å²) in [7, 11) is 0. The van der Waals surface area contributed by atoms with Crippen molar-refractivity contribution in [1.29, 1.82) is 0 Å². The summed E-state index contributed by atoms with van der Waals surface area (Å²) in [6.45, 7) is 4.79. The van der Waals surface area contributed by atoms with E-state index in [2.05, 4.69) is 12.2 Å². The van der Waals surface area contributed by atoms with Crippen LogP contribution < -0.4 is 10.1 Å². The van der Waals surface area contributed by atoms with Crippen molar-refractivity contribution in [2.75, 3.05) is 11.9 Å². The minimum Gasteiger partial charge on any atom is -0.494 e. The van der Waals surface area contributed by atoms with Crippen molar-refractivity contribution >= 4 is 17.3 Å². The molecule has 0 bridgehead atoms. The van der Waals surface area contributed by atoms with E-state index in [1.807, 2.05) is 55.5 Å². The largest absolute Gasteiger partial charge is 0.494 e. The maximum absolute atomic E-state index is 5.89. The molecule has 100 valence electrons. The maximum Gasteiger partial charge on any atom is 0.119 e. The fraction of sp³-hybridized carbons (Fsp3) is 0.250. The van der Waals surface area contributed by atoms with Crippen molar-refractivity contribution in [1.82, 2.24) is 0 Å². The molecule has 1 N–H and O–H groups in total. The molecule has 0 spiro atoms. The summed E-state index contributed by atoms with van der Waals surface area (Å²) >= 11 is 5.89. The molecule has 2 aromatic carbocycles. The Labute approximate surface area is 119 Å². The lowest BCUT2D eigenvalue weighted by Gasteiger charge is -2.16. The lowest BCUT2D eigenvalue weighted by Crippen LogP contribution is -2.06. The number of ether oxygens (including phenoxy) is 1. The number of rotatable bonds is 5. The van der Waals surface area contributed by atoms with Gasteiger partial charge in [-0.05, 0) is 55.8 Å². The van der Waals surface area contributed by atoms with Gasteiger partial charge in [0.1, 0.15) is 5.75 Å². The number of anilines is 1. The molecule has 2 rings (SSSR count). The summed E-state index contributed by atoms with van der Waals surface area (Å²) < 4.78 is 5.42. The van der Waals surface area contributed by atoms with Gasteiger partial charge >= 0.3 is 0 Å². The molecule has 2 aromatic rings. The molecule has 0 aliphatic carbocycles. The van der Waals surface area contributed by atoms with Crippen molar-refractivity contribution in [3.05, 3.63) is 59.1 Å². The van der Waals surface area contributed by atoms with E-state index in [1.165, 1.54) is 5.56 Å². The summed E-state index contributed by atoms with van der Waals surface area (Å²) in [5.41, 5.74) is 2.28. The van der Waals surface area contributed by atoms with Crippen molar-refractivity contribution < 1.29 is 4.74 Å². The van der Waals surface area contributed by atoms with E-state index < -0.39 is 0 Å². The molecule has 0 aromatic heterocycles. The highest BCUT2D eigenvalue weighted by Crippen LogP contribution is 2.22. The number of hydrogen-bond acceptors (Lipinski definition) is 2. The number of halogens is 1. The Bertz CT molecular complexity index is 507. The Morgan fingerprint density at radius 1 is 1.05 bits per heavy atom. The van der Waals surface area contributed by atoms with Crippen LogP contribution in [0.4, 0.5) is 5.69 Å². The smallest absolute Gasteiger partial charge is 0.119 e. The standard InChI is InChI=1S/C16H18ClNO/c1-3-19-16-10-8-15(9-11-16)18-12(2)13-4-6-14(17)7-5-13/h4-12,18H,3H2,1-2H3. The quantitative estimate of drug-likeness (QED) is 0.837. The zero-order valence-electron chi connectivity index (χ0n) is 11.2. The second-order valence-corrected chi connectivity index (χ2v) is 4.81. The van der Waals surface area contributed by atoms with Gasteiger partial charge in [-0.2, -0.15) is 0 Å². The van der Waals surface area contributed by atoms with Gasteiger partial charge in [0.05, 0.1) is 6.61 Å². The molecular weight excluding hydrogens is 258 g/mol. The van der Waals surface area contributed by atoms with Crippen LogP contribution in [0.2, 0.25) is 5.02 Å². The Balaban J connectivity index is 2.01. The monoisotopic (exact) mass is 275 g/mol. The van der Waals surface area contributed by atoms with E-state index in [9.17, 15) is 0 Å². The number of hydrogen-bond donors (Lipinski definition) is 1. The molecule has 0 amide bonds. The summed E-state index contributed by atoms with van der Waals surface area (Å²) in [5, 5.41) is 4.21. The molecule has 3 heteroatoms. The highest BCUT2D eigenvalue weighted by Gasteiger charge is 2.05. The fourth-order valence-electron chi connectivity index (χ4n) is 1.90. The fourth-order valence-corrected chi connectivity index (χ4v) is 2.02. The first kappa shape index (κ1) is 13.8. The third-order valence-corrected chi connectivity index (χ3v) is 3.17. The van der Waals surface area contributed by atoms with E-state index in [1.54, 1.807) is 0 Å². The minimum atomic E-state index is 0.232. The predicted octanol–water partition coefficient (Wildman–Crippen LogP) is 4.91. The van der Waals surface area contributed by atoms with Crippen LogP contribution in [0.3, 0.4) is 0 Å². The molecule has 0 fully saturated rings. The van der Waals surface area contributed by atoms with Crippen LogP contribution in [0.1, 0.15) is 25.5 Å². The van der Waals surface area contributed by atoms with Gasteiger partial charge in [-0.15, -0.1) is 0 Å². The normalized spacial score (nSPS) is 11.9. The Morgan fingerprint density at radius 3 is 2.26 bits per heavy atom. The highest BCUT2D eigenvalue weighted by atomic mass is 35.5. The topological polar surface area (TPSA) is 21.3 Å². The van der Waals surface area contributed by atoms with Crippen LogP contribution in [-0.2, 0) is 0 Å². The molecular formula is C16H18ClNO. The lowest BCUT2D eigenvalue weighted by molar-refractivity contribution is 0.340. The Hall–Kier alpha value is -1.67. The van der Waals surface area contributed by atoms with Crippen LogP contribution in [0, 0.1) is 0 Å². The molecule has 2 nitrogen and oxygen atoms in total. The third kappa shape index (κ3) is 3.90. The van der Waals surface area contributed by atoms with E-state index in [0.717, 1.165) is 16.5 Å². The first-order chi connectivity index (χ1) is 9.19. The van der Waals surface area contributed by atoms with Gasteiger partial charge in [-0.1, -0.05) is 23.7 Å². The van der Waals surface area contributed by atoms with Gasteiger partial charge in [0.2, 0.25) is 0 Å². The summed E-state index contributed by atoms with van der Waals surface area (Å²) in [4.78, 5) is 0. The van der Waals surface area contributed by atoms with Crippen LogP contribution in [-0.4, -0.2) is 6.61 Å². The molecule has 0 aliphatic rings. The van der Waals surface area contributed by atoms with Crippen molar-refractivity contribution in [2.45, 2.75) is 19.9 Å². The number of nitrogens with one attached hydrogen (secondary N) is 1. The van der Waals surface area contributed by atoms with Crippen molar-refractivity contribution in [3.63, 3.8) is 0 Å². The van der Waals surface area contributed by atoms with Gasteiger partial charge < -0.3 is 10.1 Å². The molecule has 0 radical (unpaired) electrons. The zero-order valence-corrected chi connectivity index (χ0v) is 11.9. The van der Waals surface area contributed by atoms with Gasteiger partial charge in [-0.3, -0.25) is 0 Å². The van der Waals surface area contributed by atoms with Crippen LogP contribution in [0.15, 0.2) is 48.5 Å². The summed E-state index contributed by atoms with van der Waals surface area (Å²) in [6.07, 6.45) is 0. The van der Waals surface area contributed by atoms with Crippen LogP contribution in [0.25, 0.3) is 0 Å². The molecule has 0 saturated heterocycles. The second-order valence-electron chi connectivity index (χ2n) is 4.37. The second kappa shape index (κ2) is 6.48. The molecule has 1 unspecified atom stereocenters. The van der Waals surface area contributed by atoms with Gasteiger partial charge in [0.15, 0.2) is 0 Å². The van der Waals surface area contributed by atoms with E-state index in [-0.39, 0.29) is 6.04 Å². The first-order valence-corrected chi connectivity index (χ1v) is 6.81. The van der Waals surface area contributed by atoms with E-state index in [4.69, 9.17) is 16.3 Å². The molecule has 0 aliphatic heterocycles. The van der Waals surface area contributed by atoms with E-state index >= 15 is 0 Å². The molecule has 19 heavy (non-hydrogen) atoms. The number of benzene rings is 2. The van der Waals surface area contributed by atoms with Gasteiger partial charge in [0.25, 0.3) is 0 Å². The minimum absolute atomic E-state index is 0.232. The van der Waals surface area contributed by atoms with Gasteiger partial charge in [0, 0.05) is 16.8 Å². The zero-order chi connectivity index (χ0) is 13.7. The average Bonchev–Trinajstić information content (AvgIpc) is 2.42. The van der Waals surface area contributed by atoms with Crippen LogP contribution >= 0.6 is 11.6 Å². The summed E-state index contributed by atoms with van der Waals surface area (Å²) in [5.74, 6) is 0.896. The Kier molecular flexibility index (Phi) is 4.69. The average molecular weight is 276 g/mol. The Morgan fingerprint density at radius 2 is 1.68 bits per heavy atom. The van der Waals surface area contributed by atoms with Crippen molar-refractivity contribution in [3.8, 4) is 5.75 Å². The highest BCUT2D eigenvalue weighted by molar-refractivity contribution is 6.30. The van der Waals surface area contributed by atoms with Gasteiger partial charge in [-0.25, -0.2) is 0 Å². The molecule has 1 atom stereocenters. The first-order valence-electron chi connectivity index (χ1n) is 6.44. The van der Waals surface area contributed by atoms with Crippen LogP contribution in [0.5, 0.6) is 5.75 Å². The van der Waals surface area contributed by atoms with E-state index in [0.29, 0.717) is 6.61 Å².